The van der Waals surface area contributed by atoms with Crippen LogP contribution in [0.2, 0.25) is 0 Å². The molecule has 0 radical (unpaired) electrons. The molecular weight excluding hydrogens is 466 g/mol. The van der Waals surface area contributed by atoms with E-state index in [9.17, 15) is 4.79 Å². The molecule has 4 aliphatic rings. The van der Waals surface area contributed by atoms with Crippen molar-refractivity contribution in [2.24, 2.45) is 5.10 Å². The van der Waals surface area contributed by atoms with Crippen molar-refractivity contribution in [3.8, 4) is 0 Å². The summed E-state index contributed by atoms with van der Waals surface area (Å²) in [6.07, 6.45) is 8.07. The van der Waals surface area contributed by atoms with Gasteiger partial charge >= 0.3 is 6.03 Å². The van der Waals surface area contributed by atoms with Gasteiger partial charge in [0.15, 0.2) is 5.82 Å². The maximum absolute atomic E-state index is 12.6. The van der Waals surface area contributed by atoms with E-state index in [1.54, 1.807) is 7.05 Å². The molecule has 2 amide bonds. The summed E-state index contributed by atoms with van der Waals surface area (Å²) >= 11 is 0. The van der Waals surface area contributed by atoms with Crippen LogP contribution in [0, 0.1) is 0 Å². The Morgan fingerprint density at radius 1 is 1.19 bits per heavy atom. The highest BCUT2D eigenvalue weighted by Gasteiger charge is 2.34. The van der Waals surface area contributed by atoms with Gasteiger partial charge in [0.2, 0.25) is 0 Å². The number of hydrogen-bond acceptors (Lipinski definition) is 6. The Morgan fingerprint density at radius 2 is 2.03 bits per heavy atom. The minimum Gasteiger partial charge on any atom is -0.381 e. The molecule has 1 fully saturated rings. The zero-order valence-electron chi connectivity index (χ0n) is 22.4. The predicted octanol–water partition coefficient (Wildman–Crippen LogP) is 3.59. The Hall–Kier alpha value is -3.07. The summed E-state index contributed by atoms with van der Waals surface area (Å²) in [5.41, 5.74) is 7.99. The summed E-state index contributed by atoms with van der Waals surface area (Å²) in [6, 6.07) is 5.19. The second kappa shape index (κ2) is 10.0. The van der Waals surface area contributed by atoms with Crippen molar-refractivity contribution >= 4 is 23.8 Å². The Kier molecular flexibility index (Phi) is 6.56. The third kappa shape index (κ3) is 4.37. The number of hydrogen-bond donors (Lipinski definition) is 1. The SMILES string of the molecule is CCc1cc2c(cc1C1C=NN(C)C1)CCCN2c1nn(C2CCOCC2)c2c1CN(C(=O)NC)CC2. The Labute approximate surface area is 219 Å². The number of carbonyl (C=O) groups excluding carboxylic acids is 1. The molecule has 1 saturated heterocycles. The van der Waals surface area contributed by atoms with Crippen LogP contribution < -0.4 is 10.2 Å². The number of aryl methyl sites for hydroxylation is 2. The van der Waals surface area contributed by atoms with Crippen LogP contribution in [0.1, 0.15) is 66.1 Å². The Bertz CT molecular complexity index is 1200. The van der Waals surface area contributed by atoms with Crippen molar-refractivity contribution in [3.05, 3.63) is 40.1 Å². The maximum atomic E-state index is 12.6. The summed E-state index contributed by atoms with van der Waals surface area (Å²) in [5.74, 6) is 1.38. The van der Waals surface area contributed by atoms with Gasteiger partial charge < -0.3 is 19.9 Å². The van der Waals surface area contributed by atoms with Crippen molar-refractivity contribution in [1.29, 1.82) is 0 Å². The highest BCUT2D eigenvalue weighted by Crippen LogP contribution is 2.41. The fourth-order valence-corrected chi connectivity index (χ4v) is 6.53. The number of ether oxygens (including phenoxy) is 1. The first kappa shape index (κ1) is 24.3. The summed E-state index contributed by atoms with van der Waals surface area (Å²) in [4.78, 5) is 16.9. The fraction of sp³-hybridized carbons (Fsp3) is 0.607. The number of fused-ring (bicyclic) bond motifs is 2. The quantitative estimate of drug-likeness (QED) is 0.687. The number of likely N-dealkylation sites (N-methyl/N-ethyl adjacent to an activating group) is 1. The number of nitrogens with zero attached hydrogens (tertiary/aromatic N) is 6. The standard InChI is InChI=1S/C28H39N7O2/c1-4-19-15-26-20(14-23(19)21-16-30-32(3)17-21)6-5-10-34(26)27-24-18-33(28(36)29-2)11-7-25(24)35(31-27)22-8-12-37-13-9-22/h14-16,21-22H,4-13,17-18H2,1-3H3,(H,29,36). The first-order valence-electron chi connectivity index (χ1n) is 13.9. The van der Waals surface area contributed by atoms with Gasteiger partial charge in [0.1, 0.15) is 0 Å². The highest BCUT2D eigenvalue weighted by molar-refractivity contribution is 5.77. The van der Waals surface area contributed by atoms with Crippen LogP contribution in [-0.2, 0) is 30.5 Å². The first-order chi connectivity index (χ1) is 18.1. The molecule has 1 aromatic heterocycles. The molecule has 5 heterocycles. The molecule has 1 unspecified atom stereocenters. The normalized spacial score (nSPS) is 21.8. The molecule has 1 N–H and O–H groups in total. The van der Waals surface area contributed by atoms with Gasteiger partial charge in [-0.2, -0.15) is 10.2 Å². The van der Waals surface area contributed by atoms with Crippen molar-refractivity contribution in [2.45, 2.75) is 64.0 Å². The molecule has 0 saturated carbocycles. The molecular formula is C28H39N7O2. The number of rotatable bonds is 4. The zero-order chi connectivity index (χ0) is 25.5. The lowest BCUT2D eigenvalue weighted by Gasteiger charge is -2.34. The van der Waals surface area contributed by atoms with Gasteiger partial charge in [-0.05, 0) is 54.9 Å². The Balaban J connectivity index is 1.42. The second-order valence-electron chi connectivity index (χ2n) is 10.8. The van der Waals surface area contributed by atoms with Crippen LogP contribution in [0.25, 0.3) is 0 Å². The topological polar surface area (TPSA) is 78.2 Å². The average molecular weight is 506 g/mol. The lowest BCUT2D eigenvalue weighted by Crippen LogP contribution is -2.42. The number of nitrogens with one attached hydrogen (secondary N) is 1. The molecule has 1 aromatic carbocycles. The van der Waals surface area contributed by atoms with E-state index in [0.717, 1.165) is 77.2 Å². The van der Waals surface area contributed by atoms with Crippen molar-refractivity contribution in [2.75, 3.05) is 51.8 Å². The molecule has 0 spiro atoms. The third-order valence-corrected chi connectivity index (χ3v) is 8.50. The van der Waals surface area contributed by atoms with Crippen LogP contribution in [-0.4, -0.2) is 78.9 Å². The van der Waals surface area contributed by atoms with Gasteiger partial charge in [-0.3, -0.25) is 9.69 Å². The highest BCUT2D eigenvalue weighted by atomic mass is 16.5. The second-order valence-corrected chi connectivity index (χ2v) is 10.8. The van der Waals surface area contributed by atoms with Gasteiger partial charge in [-0.25, -0.2) is 4.79 Å². The van der Waals surface area contributed by atoms with E-state index in [-0.39, 0.29) is 6.03 Å². The molecule has 4 aliphatic heterocycles. The molecule has 1 atom stereocenters. The van der Waals surface area contributed by atoms with E-state index < -0.39 is 0 Å². The third-order valence-electron chi connectivity index (χ3n) is 8.50. The van der Waals surface area contributed by atoms with Gasteiger partial charge in [0.05, 0.1) is 12.6 Å². The summed E-state index contributed by atoms with van der Waals surface area (Å²) in [5, 5.41) is 14.7. The van der Waals surface area contributed by atoms with Gasteiger partial charge in [0, 0.05) is 82.4 Å². The molecule has 2 aromatic rings. The van der Waals surface area contributed by atoms with Crippen LogP contribution in [0.4, 0.5) is 16.3 Å². The fourth-order valence-electron chi connectivity index (χ4n) is 6.53. The minimum absolute atomic E-state index is 0.0180. The first-order valence-corrected chi connectivity index (χ1v) is 13.9. The van der Waals surface area contributed by atoms with Crippen molar-refractivity contribution in [3.63, 3.8) is 0 Å². The van der Waals surface area contributed by atoms with E-state index in [2.05, 4.69) is 45.3 Å². The number of anilines is 2. The number of amides is 2. The number of benzene rings is 1. The van der Waals surface area contributed by atoms with Gasteiger partial charge in [-0.15, -0.1) is 0 Å². The molecule has 37 heavy (non-hydrogen) atoms. The number of aromatic nitrogens is 2. The van der Waals surface area contributed by atoms with E-state index in [4.69, 9.17) is 9.84 Å². The molecule has 9 heteroatoms. The number of hydrazone groups is 1. The minimum atomic E-state index is -0.0180. The number of carbonyl (C=O) groups is 1. The summed E-state index contributed by atoms with van der Waals surface area (Å²) in [7, 11) is 3.75. The molecule has 9 nitrogen and oxygen atoms in total. The van der Waals surface area contributed by atoms with Crippen LogP contribution in [0.5, 0.6) is 0 Å². The van der Waals surface area contributed by atoms with Crippen molar-refractivity contribution < 1.29 is 9.53 Å². The summed E-state index contributed by atoms with van der Waals surface area (Å²) in [6.45, 7) is 7.02. The van der Waals surface area contributed by atoms with Crippen LogP contribution >= 0.6 is 0 Å². The Morgan fingerprint density at radius 3 is 2.76 bits per heavy atom. The lowest BCUT2D eigenvalue weighted by atomic mass is 9.88. The molecule has 0 aliphatic carbocycles. The molecule has 198 valence electrons. The van der Waals surface area contributed by atoms with E-state index >= 15 is 0 Å². The average Bonchev–Trinajstić information content (AvgIpc) is 3.55. The van der Waals surface area contributed by atoms with Gasteiger partial charge in [0.25, 0.3) is 0 Å². The largest absolute Gasteiger partial charge is 0.381 e. The van der Waals surface area contributed by atoms with E-state index in [1.807, 2.05) is 17.0 Å². The van der Waals surface area contributed by atoms with E-state index in [1.165, 1.54) is 33.6 Å². The zero-order valence-corrected chi connectivity index (χ0v) is 22.4. The monoisotopic (exact) mass is 505 g/mol. The lowest BCUT2D eigenvalue weighted by molar-refractivity contribution is 0.0651. The predicted molar refractivity (Wildman–Crippen MR) is 145 cm³/mol. The van der Waals surface area contributed by atoms with Crippen LogP contribution in [0.15, 0.2) is 17.2 Å². The maximum Gasteiger partial charge on any atom is 0.317 e. The molecule has 0 bridgehead atoms. The molecule has 6 rings (SSSR count). The van der Waals surface area contributed by atoms with Gasteiger partial charge in [-0.1, -0.05) is 13.0 Å². The summed E-state index contributed by atoms with van der Waals surface area (Å²) < 4.78 is 7.95. The smallest absolute Gasteiger partial charge is 0.317 e. The van der Waals surface area contributed by atoms with Crippen molar-refractivity contribution in [1.82, 2.24) is 25.0 Å². The van der Waals surface area contributed by atoms with E-state index in [0.29, 0.717) is 18.5 Å². The number of urea groups is 1. The van der Waals surface area contributed by atoms with Crippen LogP contribution in [0.3, 0.4) is 0 Å².